The molecule has 7 heteroatoms. The lowest BCUT2D eigenvalue weighted by atomic mass is 9.83. The van der Waals surface area contributed by atoms with Crippen molar-refractivity contribution in [3.8, 4) is 0 Å². The number of hydrogen-bond acceptors (Lipinski definition) is 5. The van der Waals surface area contributed by atoms with Crippen LogP contribution >= 0.6 is 0 Å². The number of carbonyl (C=O) groups excluding carboxylic acids is 2. The quantitative estimate of drug-likeness (QED) is 0.354. The molecule has 1 aliphatic rings. The van der Waals surface area contributed by atoms with Gasteiger partial charge in [-0.2, -0.15) is 0 Å². The lowest BCUT2D eigenvalue weighted by molar-refractivity contribution is -0.130. The standard InChI is InChI=1S/C30H33N5O2/c1-22(23-14-6-2-7-15-23)26(31)27(36)33-20-12-5-13-21-35-28(37)30(34-29(35)32,24-16-8-3-9-17-24)25-18-10-4-11-19-25/h2-4,6-11,14-19,26H,1,5,12-13,20-21,31H2,(H2,32,34)(H,33,36)/t26-/m0/s1. The van der Waals surface area contributed by atoms with E-state index in [0.29, 0.717) is 18.7 Å². The molecule has 0 saturated heterocycles. The predicted octanol–water partition coefficient (Wildman–Crippen LogP) is 3.41. The number of nitrogens with one attached hydrogen (secondary N) is 1. The van der Waals surface area contributed by atoms with Gasteiger partial charge in [-0.3, -0.25) is 14.5 Å². The van der Waals surface area contributed by atoms with Crippen LogP contribution in [-0.2, 0) is 15.1 Å². The molecule has 0 radical (unpaired) electrons. The Bertz CT molecular complexity index is 1220. The highest BCUT2D eigenvalue weighted by molar-refractivity contribution is 6.09. The van der Waals surface area contributed by atoms with E-state index in [1.165, 1.54) is 0 Å². The van der Waals surface area contributed by atoms with Crippen molar-refractivity contribution < 1.29 is 9.59 Å². The highest BCUT2D eigenvalue weighted by Crippen LogP contribution is 2.39. The molecule has 0 aromatic heterocycles. The minimum Gasteiger partial charge on any atom is -0.369 e. The van der Waals surface area contributed by atoms with Crippen molar-refractivity contribution in [2.24, 2.45) is 16.5 Å². The molecule has 0 fully saturated rings. The third-order valence-corrected chi connectivity index (χ3v) is 6.66. The van der Waals surface area contributed by atoms with Crippen LogP contribution in [0, 0.1) is 0 Å². The van der Waals surface area contributed by atoms with Crippen LogP contribution < -0.4 is 16.8 Å². The molecule has 2 amide bonds. The van der Waals surface area contributed by atoms with Gasteiger partial charge in [0.05, 0.1) is 0 Å². The van der Waals surface area contributed by atoms with Gasteiger partial charge in [-0.1, -0.05) is 97.6 Å². The number of nitrogens with zero attached hydrogens (tertiary/aromatic N) is 2. The summed E-state index contributed by atoms with van der Waals surface area (Å²) in [5.74, 6) is -0.187. The molecule has 1 aliphatic heterocycles. The van der Waals surface area contributed by atoms with E-state index in [2.05, 4.69) is 11.9 Å². The second-order valence-corrected chi connectivity index (χ2v) is 9.09. The van der Waals surface area contributed by atoms with Gasteiger partial charge >= 0.3 is 0 Å². The van der Waals surface area contributed by atoms with Gasteiger partial charge in [0.2, 0.25) is 5.91 Å². The number of amides is 2. The number of benzene rings is 3. The SMILES string of the molecule is C=C(c1ccccc1)[C@H](N)C(=O)NCCCCCN1C(=O)C(c2ccccc2)(c2ccccc2)N=C1N. The van der Waals surface area contributed by atoms with Crippen LogP contribution in [0.2, 0.25) is 0 Å². The summed E-state index contributed by atoms with van der Waals surface area (Å²) in [5.41, 5.74) is 14.2. The molecule has 5 N–H and O–H groups in total. The van der Waals surface area contributed by atoms with Crippen molar-refractivity contribution in [2.75, 3.05) is 13.1 Å². The Hall–Kier alpha value is -4.23. The number of carbonyl (C=O) groups is 2. The largest absolute Gasteiger partial charge is 0.369 e. The fourth-order valence-corrected chi connectivity index (χ4v) is 4.58. The van der Waals surface area contributed by atoms with E-state index in [0.717, 1.165) is 36.0 Å². The van der Waals surface area contributed by atoms with Gasteiger partial charge in [0.1, 0.15) is 6.04 Å². The first-order valence-corrected chi connectivity index (χ1v) is 12.5. The van der Waals surface area contributed by atoms with E-state index in [1.54, 1.807) is 4.90 Å². The van der Waals surface area contributed by atoms with Crippen molar-refractivity contribution >= 4 is 23.3 Å². The number of aliphatic imine (C=N–C) groups is 1. The molecule has 0 saturated carbocycles. The number of guanidine groups is 1. The number of rotatable bonds is 11. The van der Waals surface area contributed by atoms with Gasteiger partial charge in [0, 0.05) is 13.1 Å². The smallest absolute Gasteiger partial charge is 0.266 e. The van der Waals surface area contributed by atoms with Crippen LogP contribution in [0.4, 0.5) is 0 Å². The summed E-state index contributed by atoms with van der Waals surface area (Å²) in [4.78, 5) is 32.5. The molecule has 4 rings (SSSR count). The van der Waals surface area contributed by atoms with Gasteiger partial charge < -0.3 is 16.8 Å². The summed E-state index contributed by atoms with van der Waals surface area (Å²) in [5, 5.41) is 2.88. The Morgan fingerprint density at radius 3 is 2.00 bits per heavy atom. The molecule has 0 bridgehead atoms. The number of nitrogens with two attached hydrogens (primary N) is 2. The first-order valence-electron chi connectivity index (χ1n) is 12.5. The zero-order valence-corrected chi connectivity index (χ0v) is 20.8. The molecule has 1 atom stereocenters. The van der Waals surface area contributed by atoms with E-state index in [4.69, 9.17) is 16.5 Å². The molecule has 190 valence electrons. The Morgan fingerprint density at radius 1 is 0.892 bits per heavy atom. The lowest BCUT2D eigenvalue weighted by Gasteiger charge is -2.27. The average Bonchev–Trinajstić information content (AvgIpc) is 3.21. The second kappa shape index (κ2) is 11.7. The molecule has 0 aliphatic carbocycles. The summed E-state index contributed by atoms with van der Waals surface area (Å²) in [6.07, 6.45) is 2.27. The molecule has 0 spiro atoms. The normalized spacial score (nSPS) is 15.2. The maximum Gasteiger partial charge on any atom is 0.266 e. The highest BCUT2D eigenvalue weighted by Gasteiger charge is 2.50. The summed E-state index contributed by atoms with van der Waals surface area (Å²) < 4.78 is 0. The Morgan fingerprint density at radius 2 is 1.43 bits per heavy atom. The number of hydrogen-bond donors (Lipinski definition) is 3. The van der Waals surface area contributed by atoms with Gasteiger partial charge in [0.15, 0.2) is 11.5 Å². The van der Waals surface area contributed by atoms with E-state index in [-0.39, 0.29) is 17.8 Å². The van der Waals surface area contributed by atoms with E-state index < -0.39 is 11.6 Å². The van der Waals surface area contributed by atoms with Gasteiger partial charge in [-0.25, -0.2) is 4.99 Å². The molecule has 3 aromatic carbocycles. The van der Waals surface area contributed by atoms with Crippen LogP contribution in [0.3, 0.4) is 0 Å². The van der Waals surface area contributed by atoms with E-state index >= 15 is 0 Å². The van der Waals surface area contributed by atoms with Crippen LogP contribution in [0.5, 0.6) is 0 Å². The molecule has 7 nitrogen and oxygen atoms in total. The van der Waals surface area contributed by atoms with Crippen molar-refractivity contribution in [3.05, 3.63) is 114 Å². The third-order valence-electron chi connectivity index (χ3n) is 6.66. The van der Waals surface area contributed by atoms with Crippen LogP contribution in [0.1, 0.15) is 36.0 Å². The monoisotopic (exact) mass is 495 g/mol. The van der Waals surface area contributed by atoms with Gasteiger partial charge in [-0.05, 0) is 41.5 Å². The minimum atomic E-state index is -1.18. The predicted molar refractivity (Wildman–Crippen MR) is 147 cm³/mol. The minimum absolute atomic E-state index is 0.152. The topological polar surface area (TPSA) is 114 Å². The van der Waals surface area contributed by atoms with Crippen molar-refractivity contribution in [1.82, 2.24) is 10.2 Å². The first kappa shape index (κ1) is 25.9. The third kappa shape index (κ3) is 5.47. The van der Waals surface area contributed by atoms with Crippen molar-refractivity contribution in [1.29, 1.82) is 0 Å². The van der Waals surface area contributed by atoms with Crippen LogP contribution in [0.25, 0.3) is 5.57 Å². The molecule has 0 unspecified atom stereocenters. The van der Waals surface area contributed by atoms with E-state index in [1.807, 2.05) is 91.0 Å². The Kier molecular flexibility index (Phi) is 8.15. The highest BCUT2D eigenvalue weighted by atomic mass is 16.2. The average molecular weight is 496 g/mol. The summed E-state index contributed by atoms with van der Waals surface area (Å²) >= 11 is 0. The molecule has 3 aromatic rings. The van der Waals surface area contributed by atoms with Crippen molar-refractivity contribution in [3.63, 3.8) is 0 Å². The summed E-state index contributed by atoms with van der Waals surface area (Å²) in [6, 6.07) is 27.7. The zero-order chi connectivity index (χ0) is 26.3. The maximum atomic E-state index is 13.8. The van der Waals surface area contributed by atoms with Crippen molar-refractivity contribution in [2.45, 2.75) is 30.8 Å². The molecular formula is C30H33N5O2. The first-order chi connectivity index (χ1) is 17.9. The maximum absolute atomic E-state index is 13.8. The van der Waals surface area contributed by atoms with Gasteiger partial charge in [0.25, 0.3) is 5.91 Å². The molecular weight excluding hydrogens is 462 g/mol. The van der Waals surface area contributed by atoms with Crippen LogP contribution in [-0.4, -0.2) is 41.8 Å². The summed E-state index contributed by atoms with van der Waals surface area (Å²) in [6.45, 7) is 4.91. The number of unbranched alkanes of at least 4 members (excludes halogenated alkanes) is 2. The fraction of sp³-hybridized carbons (Fsp3) is 0.233. The van der Waals surface area contributed by atoms with E-state index in [9.17, 15) is 9.59 Å². The van der Waals surface area contributed by atoms with Gasteiger partial charge in [-0.15, -0.1) is 0 Å². The van der Waals surface area contributed by atoms with Crippen LogP contribution in [0.15, 0.2) is 103 Å². The molecule has 37 heavy (non-hydrogen) atoms. The second-order valence-electron chi connectivity index (χ2n) is 9.09. The molecule has 1 heterocycles. The fourth-order valence-electron chi connectivity index (χ4n) is 4.58. The lowest BCUT2D eigenvalue weighted by Crippen LogP contribution is -2.44. The Balaban J connectivity index is 1.30. The summed E-state index contributed by atoms with van der Waals surface area (Å²) in [7, 11) is 0. The zero-order valence-electron chi connectivity index (χ0n) is 20.8. The Labute approximate surface area is 217 Å².